The van der Waals surface area contributed by atoms with Gasteiger partial charge in [-0.15, -0.1) is 191 Å². The molecular formula is C92H82Ir2N8. The second kappa shape index (κ2) is 37.3. The summed E-state index contributed by atoms with van der Waals surface area (Å²) in [5.74, 6) is 1.19. The van der Waals surface area contributed by atoms with E-state index in [1.165, 1.54) is 54.7 Å². The Morgan fingerprint density at radius 1 is 0.284 bits per heavy atom. The van der Waals surface area contributed by atoms with Gasteiger partial charge >= 0.3 is 40.2 Å². The SMILES string of the molecule is Cc1ccc(-c2[c-]cc3c(c2)c2ccccc2n3CC(C)C)nc1.Cc1ccc(-c2[c-]cc3c4ccccc4n(CC(C)C)c3c2)nc1.Cc1cccc(-c2[c-]cccc2)n1.Cc1cccc(-c2[c-]cccc2)n1.Cc1cccc(-c2[c-]cccc2)n1.Cc1cccc(-c2[c-]cccc2)n1.[Ir+3].[Ir+3]. The van der Waals surface area contributed by atoms with Crippen LogP contribution in [0.4, 0.5) is 0 Å². The van der Waals surface area contributed by atoms with Crippen molar-refractivity contribution in [3.05, 3.63) is 350 Å². The van der Waals surface area contributed by atoms with E-state index < -0.39 is 0 Å². The van der Waals surface area contributed by atoms with Crippen LogP contribution in [0, 0.1) is 89.8 Å². The molecule has 102 heavy (non-hydrogen) atoms. The van der Waals surface area contributed by atoms with Crippen molar-refractivity contribution in [3.63, 3.8) is 0 Å². The van der Waals surface area contributed by atoms with Crippen LogP contribution in [0.3, 0.4) is 0 Å². The van der Waals surface area contributed by atoms with Gasteiger partial charge in [-0.25, -0.2) is 0 Å². The van der Waals surface area contributed by atoms with E-state index in [-0.39, 0.29) is 40.2 Å². The summed E-state index contributed by atoms with van der Waals surface area (Å²) < 4.78 is 4.85. The molecule has 8 nitrogen and oxygen atoms in total. The van der Waals surface area contributed by atoms with E-state index in [2.05, 4.69) is 214 Å². The molecule has 8 heterocycles. The Hall–Kier alpha value is -10.4. The molecule has 0 radical (unpaired) electrons. The number of aryl methyl sites for hydroxylation is 6. The van der Waals surface area contributed by atoms with Crippen molar-refractivity contribution >= 4 is 43.6 Å². The van der Waals surface area contributed by atoms with Crippen molar-refractivity contribution in [2.45, 2.75) is 82.3 Å². The second-order valence-corrected chi connectivity index (χ2v) is 25.5. The van der Waals surface area contributed by atoms with Crippen molar-refractivity contribution in [1.82, 2.24) is 39.0 Å². The van der Waals surface area contributed by atoms with Gasteiger partial charge in [0.15, 0.2) is 0 Å². The number of hydrogen-bond acceptors (Lipinski definition) is 6. The van der Waals surface area contributed by atoms with Crippen LogP contribution >= 0.6 is 0 Å². The Kier molecular flexibility index (Phi) is 27.7. The Bertz CT molecular complexity index is 4920. The molecular weight excluding hydrogens is 1600 g/mol. The van der Waals surface area contributed by atoms with Gasteiger partial charge < -0.3 is 39.0 Å². The summed E-state index contributed by atoms with van der Waals surface area (Å²) in [6.45, 7) is 23.2. The Morgan fingerprint density at radius 2 is 0.627 bits per heavy atom. The van der Waals surface area contributed by atoms with Gasteiger partial charge in [0.1, 0.15) is 0 Å². The van der Waals surface area contributed by atoms with Crippen LogP contribution in [0.5, 0.6) is 0 Å². The molecule has 0 aliphatic heterocycles. The van der Waals surface area contributed by atoms with E-state index in [1.807, 2.05) is 210 Å². The Morgan fingerprint density at radius 3 is 0.971 bits per heavy atom. The minimum Gasteiger partial charge on any atom is -0.380 e. The zero-order chi connectivity index (χ0) is 69.7. The summed E-state index contributed by atoms with van der Waals surface area (Å²) >= 11 is 0. The molecule has 10 heteroatoms. The first-order valence-corrected chi connectivity index (χ1v) is 34.1. The molecule has 16 rings (SSSR count). The molecule has 0 spiro atoms. The summed E-state index contributed by atoms with van der Waals surface area (Å²) in [6, 6.07) is 109. The van der Waals surface area contributed by atoms with Crippen LogP contribution in [0.1, 0.15) is 61.6 Å². The van der Waals surface area contributed by atoms with Crippen LogP contribution in [-0.2, 0) is 53.3 Å². The maximum absolute atomic E-state index is 4.56. The minimum atomic E-state index is 0. The quantitative estimate of drug-likeness (QED) is 0.127. The summed E-state index contributed by atoms with van der Waals surface area (Å²) in [5, 5.41) is 5.15. The van der Waals surface area contributed by atoms with Gasteiger partial charge in [-0.05, 0) is 157 Å². The number of benzene rings is 8. The fourth-order valence-electron chi connectivity index (χ4n) is 11.6. The average molecular weight is 1680 g/mol. The molecule has 0 fully saturated rings. The number of para-hydroxylation sites is 2. The Balaban J connectivity index is 0.000000145. The first kappa shape index (κ1) is 75.8. The maximum atomic E-state index is 4.56. The molecule has 0 saturated heterocycles. The summed E-state index contributed by atoms with van der Waals surface area (Å²) in [4.78, 5) is 26.8. The molecule has 0 aliphatic carbocycles. The Labute approximate surface area is 629 Å². The van der Waals surface area contributed by atoms with Gasteiger partial charge in [0.2, 0.25) is 0 Å². The van der Waals surface area contributed by atoms with Gasteiger partial charge in [-0.1, -0.05) is 148 Å². The summed E-state index contributed by atoms with van der Waals surface area (Å²) in [5.41, 5.74) is 23.8. The number of hydrogen-bond donors (Lipinski definition) is 0. The predicted molar refractivity (Wildman–Crippen MR) is 415 cm³/mol. The molecule has 0 bridgehead atoms. The number of pyridine rings is 6. The molecule has 0 saturated carbocycles. The molecule has 0 aliphatic rings. The predicted octanol–water partition coefficient (Wildman–Crippen LogP) is 22.7. The average Bonchev–Trinajstić information content (AvgIpc) is 1.61. The van der Waals surface area contributed by atoms with E-state index in [0.29, 0.717) is 11.8 Å². The van der Waals surface area contributed by atoms with Gasteiger partial charge in [-0.3, -0.25) is 0 Å². The third kappa shape index (κ3) is 20.4. The molecule has 0 atom stereocenters. The molecule has 0 unspecified atom stereocenters. The molecule has 0 N–H and O–H groups in total. The standard InChI is InChI=1S/2C22H21N2.4C12H10N.2Ir/c1-15(2)14-24-21-7-5-4-6-18(21)19-10-9-17(12-22(19)24)20-11-8-16(3)13-23-20;1-15(2)14-24-21-7-5-4-6-18(21)19-12-17(9-11-22(19)24)20-10-8-16(3)13-23-20;4*1-10-6-5-9-12(13-10)11-7-3-2-4-8-11;;/h2*4-8,10-13,15H,14H2,1-3H3;4*2-7,9H,1H3;;/q6*-1;2*+3. The smallest absolute Gasteiger partial charge is 0.380 e. The van der Waals surface area contributed by atoms with Crippen molar-refractivity contribution in [1.29, 1.82) is 0 Å². The largest absolute Gasteiger partial charge is 3.00 e. The van der Waals surface area contributed by atoms with Crippen LogP contribution in [0.15, 0.2) is 279 Å². The van der Waals surface area contributed by atoms with E-state index in [1.54, 1.807) is 0 Å². The first-order chi connectivity index (χ1) is 48.7. The topological polar surface area (TPSA) is 87.2 Å². The molecule has 508 valence electrons. The van der Waals surface area contributed by atoms with Crippen LogP contribution < -0.4 is 0 Å². The van der Waals surface area contributed by atoms with E-state index >= 15 is 0 Å². The first-order valence-electron chi connectivity index (χ1n) is 34.1. The zero-order valence-electron chi connectivity index (χ0n) is 59.4. The van der Waals surface area contributed by atoms with Crippen LogP contribution in [0.25, 0.3) is 111 Å². The fraction of sp³-hybridized carbons (Fsp3) is 0.152. The molecule has 8 aromatic carbocycles. The zero-order valence-corrected chi connectivity index (χ0v) is 64.2. The normalized spacial score (nSPS) is 10.5. The third-order valence-corrected chi connectivity index (χ3v) is 16.4. The van der Waals surface area contributed by atoms with E-state index in [0.717, 1.165) is 103 Å². The molecule has 16 aromatic rings. The van der Waals surface area contributed by atoms with Gasteiger partial charge in [-0.2, -0.15) is 0 Å². The third-order valence-electron chi connectivity index (χ3n) is 16.4. The number of aromatic nitrogens is 8. The van der Waals surface area contributed by atoms with E-state index in [9.17, 15) is 0 Å². The van der Waals surface area contributed by atoms with Gasteiger partial charge in [0.05, 0.1) is 0 Å². The van der Waals surface area contributed by atoms with Gasteiger partial charge in [0, 0.05) is 59.3 Å². The number of rotatable bonds is 10. The van der Waals surface area contributed by atoms with Crippen LogP contribution in [0.2, 0.25) is 0 Å². The van der Waals surface area contributed by atoms with Crippen molar-refractivity contribution < 1.29 is 40.2 Å². The van der Waals surface area contributed by atoms with E-state index in [4.69, 9.17) is 0 Å². The number of nitrogens with zero attached hydrogens (tertiary/aromatic N) is 8. The maximum Gasteiger partial charge on any atom is 3.00 e. The monoisotopic (exact) mass is 1680 g/mol. The molecule has 0 amide bonds. The fourth-order valence-corrected chi connectivity index (χ4v) is 11.6. The van der Waals surface area contributed by atoms with Crippen molar-refractivity contribution in [2.75, 3.05) is 0 Å². The minimum absolute atomic E-state index is 0. The summed E-state index contributed by atoms with van der Waals surface area (Å²) in [6.07, 6.45) is 3.83. The molecule has 8 aromatic heterocycles. The van der Waals surface area contributed by atoms with Crippen LogP contribution in [-0.4, -0.2) is 39.0 Å². The van der Waals surface area contributed by atoms with Crippen molar-refractivity contribution in [3.8, 4) is 67.5 Å². The summed E-state index contributed by atoms with van der Waals surface area (Å²) in [7, 11) is 0. The number of fused-ring (bicyclic) bond motifs is 6. The second-order valence-electron chi connectivity index (χ2n) is 25.5. The van der Waals surface area contributed by atoms with Gasteiger partial charge in [0.25, 0.3) is 0 Å². The van der Waals surface area contributed by atoms with Crippen molar-refractivity contribution in [2.24, 2.45) is 11.8 Å².